The maximum absolute atomic E-state index is 12.5. The predicted molar refractivity (Wildman–Crippen MR) is 89.6 cm³/mol. The molecule has 1 aromatic rings. The van der Waals surface area contributed by atoms with Crippen LogP contribution in [0, 0.1) is 11.8 Å². The second-order valence-corrected chi connectivity index (χ2v) is 6.85. The first-order valence-electron chi connectivity index (χ1n) is 8.95. The van der Waals surface area contributed by atoms with Crippen LogP contribution in [0.2, 0.25) is 0 Å². The molecule has 3 rings (SSSR count). The summed E-state index contributed by atoms with van der Waals surface area (Å²) in [6, 6.07) is 4.69. The lowest BCUT2D eigenvalue weighted by Gasteiger charge is -2.21. The Labute approximate surface area is 155 Å². The molecule has 1 heterocycles. The lowest BCUT2D eigenvalue weighted by Crippen LogP contribution is -2.44. The van der Waals surface area contributed by atoms with E-state index in [4.69, 9.17) is 4.74 Å². The second kappa shape index (κ2) is 8.02. The molecule has 146 valence electrons. The molecular weight excluding hydrogens is 360 g/mol. The number of hydrogen-bond donors (Lipinski definition) is 0. The number of imide groups is 1. The number of carbonyl (C=O) groups is 3. The van der Waals surface area contributed by atoms with E-state index < -0.39 is 18.6 Å². The van der Waals surface area contributed by atoms with Gasteiger partial charge in [0, 0.05) is 0 Å². The number of hydrogen-bond acceptors (Lipinski definition) is 5. The molecule has 0 aromatic heterocycles. The Morgan fingerprint density at radius 3 is 2.19 bits per heavy atom. The monoisotopic (exact) mass is 381 g/mol. The number of amides is 2. The fraction of sp³-hybridized carbons (Fsp3) is 0.526. The number of halogens is 2. The van der Waals surface area contributed by atoms with Crippen molar-refractivity contribution in [3.8, 4) is 5.75 Å². The van der Waals surface area contributed by atoms with Crippen LogP contribution in [0.3, 0.4) is 0 Å². The summed E-state index contributed by atoms with van der Waals surface area (Å²) in [5.41, 5.74) is 0.574. The molecule has 0 N–H and O–H groups in total. The molecule has 2 unspecified atom stereocenters. The average Bonchev–Trinajstić information content (AvgIpc) is 2.91. The zero-order valence-corrected chi connectivity index (χ0v) is 14.9. The van der Waals surface area contributed by atoms with E-state index in [2.05, 4.69) is 4.74 Å². The van der Waals surface area contributed by atoms with E-state index in [-0.39, 0.29) is 36.0 Å². The molecule has 1 saturated heterocycles. The third kappa shape index (κ3) is 4.09. The van der Waals surface area contributed by atoms with Crippen molar-refractivity contribution in [1.82, 2.24) is 4.90 Å². The number of likely N-dealkylation sites (tertiary alicyclic amines) is 1. The van der Waals surface area contributed by atoms with Gasteiger partial charge in [-0.2, -0.15) is 8.78 Å². The quantitative estimate of drug-likeness (QED) is 0.560. The van der Waals surface area contributed by atoms with E-state index in [0.29, 0.717) is 18.4 Å². The highest BCUT2D eigenvalue weighted by molar-refractivity contribution is 6.07. The van der Waals surface area contributed by atoms with Crippen LogP contribution < -0.4 is 4.74 Å². The lowest BCUT2D eigenvalue weighted by molar-refractivity contribution is -0.159. The zero-order chi connectivity index (χ0) is 19.6. The molecular formula is C19H21F2NO5. The standard InChI is InChI=1S/C19H21F2NO5/c1-11(22-16(23)14-4-2-3-5-15(14)17(22)24)18(25)26-10-12-6-8-13(9-7-12)27-19(20)21/h6-9,11,14-15,19H,2-5,10H2,1H3/t11-,14?,15?/m0/s1. The van der Waals surface area contributed by atoms with Gasteiger partial charge in [-0.3, -0.25) is 14.5 Å². The number of fused-ring (bicyclic) bond motifs is 1. The third-order valence-electron chi connectivity index (χ3n) is 5.13. The van der Waals surface area contributed by atoms with Crippen LogP contribution in [0.1, 0.15) is 38.2 Å². The van der Waals surface area contributed by atoms with Crippen LogP contribution in [0.5, 0.6) is 5.75 Å². The van der Waals surface area contributed by atoms with Gasteiger partial charge in [0.2, 0.25) is 11.8 Å². The largest absolute Gasteiger partial charge is 0.459 e. The summed E-state index contributed by atoms with van der Waals surface area (Å²) in [6.07, 6.45) is 3.19. The van der Waals surface area contributed by atoms with Crippen LogP contribution >= 0.6 is 0 Å². The van der Waals surface area contributed by atoms with Gasteiger partial charge < -0.3 is 9.47 Å². The van der Waals surface area contributed by atoms with Gasteiger partial charge in [-0.05, 0) is 37.5 Å². The highest BCUT2D eigenvalue weighted by Crippen LogP contribution is 2.38. The predicted octanol–water partition coefficient (Wildman–Crippen LogP) is 2.89. The van der Waals surface area contributed by atoms with E-state index in [9.17, 15) is 23.2 Å². The molecule has 8 heteroatoms. The van der Waals surface area contributed by atoms with Crippen molar-refractivity contribution < 1.29 is 32.6 Å². The van der Waals surface area contributed by atoms with Crippen molar-refractivity contribution in [2.75, 3.05) is 0 Å². The minimum absolute atomic E-state index is 0.00399. The molecule has 27 heavy (non-hydrogen) atoms. The Kier molecular flexibility index (Phi) is 5.72. The maximum atomic E-state index is 12.5. The summed E-state index contributed by atoms with van der Waals surface area (Å²) in [5.74, 6) is -1.88. The smallest absolute Gasteiger partial charge is 0.387 e. The topological polar surface area (TPSA) is 72.9 Å². The van der Waals surface area contributed by atoms with Crippen LogP contribution in [0.15, 0.2) is 24.3 Å². The number of benzene rings is 1. The minimum Gasteiger partial charge on any atom is -0.459 e. The summed E-state index contributed by atoms with van der Waals surface area (Å²) >= 11 is 0. The first-order valence-corrected chi connectivity index (χ1v) is 8.95. The van der Waals surface area contributed by atoms with Crippen molar-refractivity contribution in [3.05, 3.63) is 29.8 Å². The molecule has 3 atom stereocenters. The van der Waals surface area contributed by atoms with E-state index in [1.54, 1.807) is 0 Å². The maximum Gasteiger partial charge on any atom is 0.387 e. The first kappa shape index (κ1) is 19.3. The fourth-order valence-electron chi connectivity index (χ4n) is 3.72. The number of esters is 1. The summed E-state index contributed by atoms with van der Waals surface area (Å²) in [4.78, 5) is 38.4. The van der Waals surface area contributed by atoms with Crippen molar-refractivity contribution in [3.63, 3.8) is 0 Å². The number of alkyl halides is 2. The highest BCUT2D eigenvalue weighted by Gasteiger charge is 2.51. The number of nitrogens with zero attached hydrogens (tertiary/aromatic N) is 1. The van der Waals surface area contributed by atoms with Crippen LogP contribution in [-0.4, -0.2) is 35.3 Å². The molecule has 0 radical (unpaired) electrons. The SMILES string of the molecule is C[C@@H](C(=O)OCc1ccc(OC(F)F)cc1)N1C(=O)C2CCCCC2C1=O. The Morgan fingerprint density at radius 2 is 1.67 bits per heavy atom. The zero-order valence-electron chi connectivity index (χ0n) is 14.9. The molecule has 1 aliphatic heterocycles. The number of rotatable bonds is 6. The van der Waals surface area contributed by atoms with Crippen LogP contribution in [0.25, 0.3) is 0 Å². The average molecular weight is 381 g/mol. The lowest BCUT2D eigenvalue weighted by atomic mass is 9.81. The summed E-state index contributed by atoms with van der Waals surface area (Å²) in [7, 11) is 0. The van der Waals surface area contributed by atoms with E-state index in [1.165, 1.54) is 31.2 Å². The molecule has 0 spiro atoms. The summed E-state index contributed by atoms with van der Waals surface area (Å²) in [6.45, 7) is -1.52. The molecule has 6 nitrogen and oxygen atoms in total. The van der Waals surface area contributed by atoms with Gasteiger partial charge in [0.1, 0.15) is 18.4 Å². The Balaban J connectivity index is 1.57. The van der Waals surface area contributed by atoms with Gasteiger partial charge >= 0.3 is 12.6 Å². The van der Waals surface area contributed by atoms with Gasteiger partial charge in [0.25, 0.3) is 0 Å². The van der Waals surface area contributed by atoms with Gasteiger partial charge in [-0.15, -0.1) is 0 Å². The first-order chi connectivity index (χ1) is 12.9. The van der Waals surface area contributed by atoms with Crippen molar-refractivity contribution in [2.24, 2.45) is 11.8 Å². The van der Waals surface area contributed by atoms with Gasteiger partial charge in [-0.25, -0.2) is 4.79 Å². The minimum atomic E-state index is -2.91. The van der Waals surface area contributed by atoms with Gasteiger partial charge in [0.05, 0.1) is 11.8 Å². The molecule has 2 amide bonds. The van der Waals surface area contributed by atoms with E-state index in [1.807, 2.05) is 0 Å². The highest BCUT2D eigenvalue weighted by atomic mass is 19.3. The van der Waals surface area contributed by atoms with Gasteiger partial charge in [0.15, 0.2) is 0 Å². The van der Waals surface area contributed by atoms with Crippen LogP contribution in [-0.2, 0) is 25.7 Å². The number of ether oxygens (including phenoxy) is 2. The molecule has 1 aromatic carbocycles. The van der Waals surface area contributed by atoms with Gasteiger partial charge in [-0.1, -0.05) is 25.0 Å². The molecule has 2 fully saturated rings. The van der Waals surface area contributed by atoms with E-state index in [0.717, 1.165) is 17.7 Å². The molecule has 1 saturated carbocycles. The van der Waals surface area contributed by atoms with Crippen molar-refractivity contribution in [2.45, 2.75) is 51.9 Å². The summed E-state index contributed by atoms with van der Waals surface area (Å²) in [5, 5.41) is 0. The number of carbonyl (C=O) groups excluding carboxylic acids is 3. The molecule has 2 aliphatic rings. The van der Waals surface area contributed by atoms with Crippen LogP contribution in [0.4, 0.5) is 8.78 Å². The van der Waals surface area contributed by atoms with Crippen molar-refractivity contribution >= 4 is 17.8 Å². The Bertz CT molecular complexity index is 697. The fourth-order valence-corrected chi connectivity index (χ4v) is 3.72. The molecule has 1 aliphatic carbocycles. The van der Waals surface area contributed by atoms with E-state index >= 15 is 0 Å². The molecule has 0 bridgehead atoms. The Hall–Kier alpha value is -2.51. The Morgan fingerprint density at radius 1 is 1.11 bits per heavy atom. The third-order valence-corrected chi connectivity index (χ3v) is 5.13. The second-order valence-electron chi connectivity index (χ2n) is 6.85. The normalized spacial score (nSPS) is 23.3. The van der Waals surface area contributed by atoms with Crippen molar-refractivity contribution in [1.29, 1.82) is 0 Å². The summed E-state index contributed by atoms with van der Waals surface area (Å²) < 4.78 is 33.7.